The molecule has 0 aliphatic heterocycles. The zero-order valence-electron chi connectivity index (χ0n) is 9.61. The van der Waals surface area contributed by atoms with Gasteiger partial charge in [-0.25, -0.2) is 4.79 Å². The van der Waals surface area contributed by atoms with Gasteiger partial charge in [0.2, 0.25) is 0 Å². The molecule has 102 valence electrons. The number of para-hydroxylation sites is 1. The summed E-state index contributed by atoms with van der Waals surface area (Å²) in [7, 11) is 0. The first-order chi connectivity index (χ1) is 8.95. The molecule has 0 bridgehead atoms. The third kappa shape index (κ3) is 4.76. The van der Waals surface area contributed by atoms with E-state index >= 15 is 0 Å². The summed E-state index contributed by atoms with van der Waals surface area (Å²) in [4.78, 5) is 13.8. The van der Waals surface area contributed by atoms with E-state index in [1.165, 1.54) is 12.1 Å². The number of alkyl halides is 3. The van der Waals surface area contributed by atoms with E-state index in [1.54, 1.807) is 0 Å². The zero-order valence-corrected chi connectivity index (χ0v) is 9.61. The van der Waals surface area contributed by atoms with Crippen LogP contribution in [0.4, 0.5) is 23.7 Å². The minimum absolute atomic E-state index is 0.0187. The van der Waals surface area contributed by atoms with E-state index in [4.69, 9.17) is 5.53 Å². The summed E-state index contributed by atoms with van der Waals surface area (Å²) in [5, 5.41) is 7.52. The molecule has 19 heavy (non-hydrogen) atoms. The number of nitrogens with zero attached hydrogens (tertiary/aromatic N) is 3. The number of azide groups is 1. The van der Waals surface area contributed by atoms with Crippen molar-refractivity contribution < 1.29 is 18.0 Å². The highest BCUT2D eigenvalue weighted by Gasteiger charge is 2.33. The number of nitrogens with one attached hydrogen (secondary N) is 2. The quantitative estimate of drug-likeness (QED) is 0.375. The molecule has 0 aliphatic rings. The summed E-state index contributed by atoms with van der Waals surface area (Å²) in [5.41, 5.74) is 6.73. The van der Waals surface area contributed by atoms with Crippen molar-refractivity contribution in [3.8, 4) is 0 Å². The zero-order chi connectivity index (χ0) is 14.3. The van der Waals surface area contributed by atoms with Gasteiger partial charge in [-0.2, -0.15) is 13.2 Å². The van der Waals surface area contributed by atoms with Crippen LogP contribution in [-0.4, -0.2) is 19.1 Å². The highest BCUT2D eigenvalue weighted by atomic mass is 19.4. The standard InChI is InChI=1S/C10H10F3N5O/c11-10(12,13)7-3-1-2-4-8(7)17-9(19)15-5-6-16-18-14/h1-4H,5-6H2,(H2,15,17,19). The maximum Gasteiger partial charge on any atom is 0.418 e. The summed E-state index contributed by atoms with van der Waals surface area (Å²) < 4.78 is 37.9. The predicted octanol–water partition coefficient (Wildman–Crippen LogP) is 3.14. The molecule has 1 rings (SSSR count). The number of halogens is 3. The van der Waals surface area contributed by atoms with Crippen molar-refractivity contribution in [1.29, 1.82) is 0 Å². The smallest absolute Gasteiger partial charge is 0.338 e. The second-order valence-corrected chi connectivity index (χ2v) is 3.38. The number of urea groups is 1. The molecule has 1 aromatic carbocycles. The molecule has 0 unspecified atom stereocenters. The minimum atomic E-state index is -4.55. The molecule has 0 saturated heterocycles. The molecule has 0 aliphatic carbocycles. The molecule has 0 heterocycles. The molecule has 9 heteroatoms. The summed E-state index contributed by atoms with van der Waals surface area (Å²) in [6.07, 6.45) is -4.55. The van der Waals surface area contributed by atoms with Crippen LogP contribution in [0.1, 0.15) is 5.56 Å². The van der Waals surface area contributed by atoms with Gasteiger partial charge in [-0.15, -0.1) is 0 Å². The first-order valence-electron chi connectivity index (χ1n) is 5.17. The summed E-state index contributed by atoms with van der Waals surface area (Å²) in [5.74, 6) is 0. The van der Waals surface area contributed by atoms with E-state index < -0.39 is 17.8 Å². The van der Waals surface area contributed by atoms with Gasteiger partial charge in [0.15, 0.2) is 0 Å². The molecule has 0 fully saturated rings. The van der Waals surface area contributed by atoms with E-state index in [0.29, 0.717) is 0 Å². The van der Waals surface area contributed by atoms with E-state index in [9.17, 15) is 18.0 Å². The number of amides is 2. The second kappa shape index (κ2) is 6.50. The van der Waals surface area contributed by atoms with Crippen molar-refractivity contribution >= 4 is 11.7 Å². The maximum absolute atomic E-state index is 12.6. The lowest BCUT2D eigenvalue weighted by molar-refractivity contribution is -0.136. The van der Waals surface area contributed by atoms with Crippen molar-refractivity contribution in [3.63, 3.8) is 0 Å². The molecule has 2 N–H and O–H groups in total. The maximum atomic E-state index is 12.6. The Balaban J connectivity index is 2.67. The largest absolute Gasteiger partial charge is 0.418 e. The average Bonchev–Trinajstić information content (AvgIpc) is 2.34. The molecule has 0 atom stereocenters. The van der Waals surface area contributed by atoms with Crippen LogP contribution in [0.5, 0.6) is 0 Å². The third-order valence-electron chi connectivity index (χ3n) is 2.04. The summed E-state index contributed by atoms with van der Waals surface area (Å²) >= 11 is 0. The molecule has 0 aromatic heterocycles. The molecule has 2 amide bonds. The highest BCUT2D eigenvalue weighted by Crippen LogP contribution is 2.34. The van der Waals surface area contributed by atoms with Gasteiger partial charge in [0.25, 0.3) is 0 Å². The van der Waals surface area contributed by atoms with Gasteiger partial charge in [0.1, 0.15) is 0 Å². The molecule has 0 spiro atoms. The minimum Gasteiger partial charge on any atom is -0.338 e. The topological polar surface area (TPSA) is 89.9 Å². The number of benzene rings is 1. The molecular formula is C10H10F3N5O. The molecule has 1 aromatic rings. The Morgan fingerprint density at radius 2 is 2.05 bits per heavy atom. The fourth-order valence-corrected chi connectivity index (χ4v) is 1.27. The SMILES string of the molecule is [N-]=[N+]=NCCNC(=O)Nc1ccccc1C(F)(F)F. The lowest BCUT2D eigenvalue weighted by Gasteiger charge is -2.13. The number of anilines is 1. The predicted molar refractivity (Wildman–Crippen MR) is 62.5 cm³/mol. The Hall–Kier alpha value is -2.41. The third-order valence-corrected chi connectivity index (χ3v) is 2.04. The van der Waals surface area contributed by atoms with Crippen LogP contribution >= 0.6 is 0 Å². The van der Waals surface area contributed by atoms with Gasteiger partial charge in [0, 0.05) is 18.0 Å². The first kappa shape index (κ1) is 14.7. The van der Waals surface area contributed by atoms with Gasteiger partial charge in [0.05, 0.1) is 11.3 Å². The van der Waals surface area contributed by atoms with Crippen LogP contribution in [0.25, 0.3) is 10.4 Å². The van der Waals surface area contributed by atoms with Gasteiger partial charge < -0.3 is 10.6 Å². The van der Waals surface area contributed by atoms with Crippen LogP contribution in [0.3, 0.4) is 0 Å². The summed E-state index contributed by atoms with van der Waals surface area (Å²) in [6.45, 7) is 0.0505. The highest BCUT2D eigenvalue weighted by molar-refractivity contribution is 5.90. The van der Waals surface area contributed by atoms with Crippen LogP contribution in [0.15, 0.2) is 29.4 Å². The lowest BCUT2D eigenvalue weighted by atomic mass is 10.1. The van der Waals surface area contributed by atoms with Crippen molar-refractivity contribution in [2.45, 2.75) is 6.18 Å². The van der Waals surface area contributed by atoms with Crippen LogP contribution in [-0.2, 0) is 6.18 Å². The summed E-state index contributed by atoms with van der Waals surface area (Å²) in [6, 6.07) is 3.83. The Morgan fingerprint density at radius 3 is 2.68 bits per heavy atom. The second-order valence-electron chi connectivity index (χ2n) is 3.38. The van der Waals surface area contributed by atoms with Crippen molar-refractivity contribution in [2.75, 3.05) is 18.4 Å². The van der Waals surface area contributed by atoms with E-state index in [2.05, 4.69) is 20.7 Å². The first-order valence-corrected chi connectivity index (χ1v) is 5.17. The van der Waals surface area contributed by atoms with E-state index in [-0.39, 0.29) is 18.8 Å². The van der Waals surface area contributed by atoms with E-state index in [1.807, 2.05) is 0 Å². The number of carbonyl (C=O) groups excluding carboxylic acids is 1. The lowest BCUT2D eigenvalue weighted by Crippen LogP contribution is -2.31. The molecule has 0 saturated carbocycles. The molecular weight excluding hydrogens is 263 g/mol. The Morgan fingerprint density at radius 1 is 1.37 bits per heavy atom. The fourth-order valence-electron chi connectivity index (χ4n) is 1.27. The van der Waals surface area contributed by atoms with Gasteiger partial charge in [-0.05, 0) is 17.7 Å². The van der Waals surface area contributed by atoms with Gasteiger partial charge in [-0.1, -0.05) is 17.2 Å². The van der Waals surface area contributed by atoms with Crippen LogP contribution in [0, 0.1) is 0 Å². The normalized spacial score (nSPS) is 10.5. The van der Waals surface area contributed by atoms with Gasteiger partial charge in [-0.3, -0.25) is 0 Å². The monoisotopic (exact) mass is 273 g/mol. The van der Waals surface area contributed by atoms with Crippen LogP contribution < -0.4 is 10.6 Å². The Bertz CT molecular complexity index is 496. The Kier molecular flexibility index (Phi) is 5.01. The number of hydrogen-bond acceptors (Lipinski definition) is 2. The van der Waals surface area contributed by atoms with E-state index in [0.717, 1.165) is 12.1 Å². The van der Waals surface area contributed by atoms with Crippen molar-refractivity contribution in [2.24, 2.45) is 5.11 Å². The number of carbonyl (C=O) groups is 1. The van der Waals surface area contributed by atoms with Crippen molar-refractivity contribution in [1.82, 2.24) is 5.32 Å². The van der Waals surface area contributed by atoms with Gasteiger partial charge >= 0.3 is 12.2 Å². The fraction of sp³-hybridized carbons (Fsp3) is 0.300. The Labute approximate surface area is 106 Å². The number of rotatable bonds is 4. The van der Waals surface area contributed by atoms with Crippen molar-refractivity contribution in [3.05, 3.63) is 40.3 Å². The average molecular weight is 273 g/mol. The molecule has 0 radical (unpaired) electrons. The number of hydrogen-bond donors (Lipinski definition) is 2. The van der Waals surface area contributed by atoms with Crippen LogP contribution in [0.2, 0.25) is 0 Å². The molecule has 6 nitrogen and oxygen atoms in total.